The molecule has 32 heavy (non-hydrogen) atoms. The summed E-state index contributed by atoms with van der Waals surface area (Å²) in [4.78, 5) is 35.4. The van der Waals surface area contributed by atoms with E-state index in [1.54, 1.807) is 12.1 Å². The number of H-pyrrole nitrogens is 1. The topological polar surface area (TPSA) is 81.3 Å². The number of aryl methyl sites for hydroxylation is 1. The zero-order valence-corrected chi connectivity index (χ0v) is 18.9. The lowest BCUT2D eigenvalue weighted by Crippen LogP contribution is -2.44. The number of nitrogens with one attached hydrogen (secondary N) is 2. The van der Waals surface area contributed by atoms with Crippen LogP contribution in [0.3, 0.4) is 0 Å². The minimum Gasteiger partial charge on any atom is -0.368 e. The number of pyridine rings is 2. The molecule has 2 aliphatic rings. The summed E-state index contributed by atoms with van der Waals surface area (Å²) < 4.78 is 14.5. The van der Waals surface area contributed by atoms with Gasteiger partial charge in [-0.25, -0.2) is 4.98 Å². The molecule has 8 heteroatoms. The number of aromatic nitrogens is 2. The highest BCUT2D eigenvalue weighted by molar-refractivity contribution is 5.92. The number of carbonyl (C=O) groups is 1. The average Bonchev–Trinajstić information content (AvgIpc) is 3.30. The van der Waals surface area contributed by atoms with Gasteiger partial charge in [0.25, 0.3) is 11.5 Å². The molecule has 0 saturated carbocycles. The maximum Gasteiger partial charge on any atom is 0.269 e. The number of carbonyl (C=O) groups excluding carboxylic acids is 1. The molecular weight excluding hydrogens is 409 g/mol. The SMILES string of the molecule is CCCc1ccc(C2CCN(C3CCN(c4ccc(C(=O)NC)nc4F)CC3)C2)[nH]c1=O. The molecule has 1 amide bonds. The van der Waals surface area contributed by atoms with E-state index in [2.05, 4.69) is 33.2 Å². The first-order chi connectivity index (χ1) is 15.5. The molecule has 0 aliphatic carbocycles. The van der Waals surface area contributed by atoms with Crippen LogP contribution in [-0.4, -0.2) is 60.0 Å². The Labute approximate surface area is 188 Å². The van der Waals surface area contributed by atoms with E-state index in [1.165, 1.54) is 7.05 Å². The largest absolute Gasteiger partial charge is 0.368 e. The quantitative estimate of drug-likeness (QED) is 0.674. The summed E-state index contributed by atoms with van der Waals surface area (Å²) in [5, 5.41) is 2.46. The van der Waals surface area contributed by atoms with Gasteiger partial charge in [0, 0.05) is 49.9 Å². The second kappa shape index (κ2) is 9.81. The summed E-state index contributed by atoms with van der Waals surface area (Å²) in [6.45, 7) is 5.56. The first kappa shape index (κ1) is 22.5. The minimum absolute atomic E-state index is 0.0502. The molecule has 4 heterocycles. The number of hydrogen-bond acceptors (Lipinski definition) is 5. The fourth-order valence-electron chi connectivity index (χ4n) is 4.99. The Balaban J connectivity index is 1.34. The molecule has 0 bridgehead atoms. The van der Waals surface area contributed by atoms with Crippen LogP contribution in [0.5, 0.6) is 0 Å². The molecule has 2 aromatic rings. The van der Waals surface area contributed by atoms with Gasteiger partial charge in [-0.15, -0.1) is 0 Å². The van der Waals surface area contributed by atoms with Gasteiger partial charge in [-0.2, -0.15) is 4.39 Å². The summed E-state index contributed by atoms with van der Waals surface area (Å²) in [6.07, 6.45) is 4.74. The zero-order chi connectivity index (χ0) is 22.7. The number of halogens is 1. The normalized spacial score (nSPS) is 20.0. The molecule has 0 aromatic carbocycles. The van der Waals surface area contributed by atoms with Crippen molar-refractivity contribution in [1.82, 2.24) is 20.2 Å². The van der Waals surface area contributed by atoms with E-state index in [4.69, 9.17) is 0 Å². The third-order valence-corrected chi connectivity index (χ3v) is 6.80. The number of amides is 1. The molecule has 1 atom stereocenters. The second-order valence-corrected chi connectivity index (χ2v) is 8.80. The van der Waals surface area contributed by atoms with E-state index >= 15 is 0 Å². The van der Waals surface area contributed by atoms with Crippen molar-refractivity contribution in [2.24, 2.45) is 0 Å². The summed E-state index contributed by atoms with van der Waals surface area (Å²) in [5.41, 5.74) is 2.50. The van der Waals surface area contributed by atoms with Gasteiger partial charge in [-0.1, -0.05) is 19.4 Å². The van der Waals surface area contributed by atoms with Crippen molar-refractivity contribution >= 4 is 11.6 Å². The summed E-state index contributed by atoms with van der Waals surface area (Å²) in [6, 6.07) is 7.75. The molecule has 2 aliphatic heterocycles. The van der Waals surface area contributed by atoms with E-state index in [-0.39, 0.29) is 17.2 Å². The molecule has 1 unspecified atom stereocenters. The maximum absolute atomic E-state index is 14.5. The van der Waals surface area contributed by atoms with Crippen molar-refractivity contribution in [3.8, 4) is 0 Å². The van der Waals surface area contributed by atoms with E-state index in [0.717, 1.165) is 69.5 Å². The fraction of sp³-hybridized carbons (Fsp3) is 0.542. The van der Waals surface area contributed by atoms with Crippen LogP contribution in [-0.2, 0) is 6.42 Å². The summed E-state index contributed by atoms with van der Waals surface area (Å²) in [7, 11) is 1.50. The molecule has 0 spiro atoms. The predicted octanol–water partition coefficient (Wildman–Crippen LogP) is 2.68. The van der Waals surface area contributed by atoms with E-state index in [9.17, 15) is 14.0 Å². The van der Waals surface area contributed by atoms with Crippen molar-refractivity contribution in [1.29, 1.82) is 0 Å². The number of anilines is 1. The monoisotopic (exact) mass is 441 g/mol. The highest BCUT2D eigenvalue weighted by Gasteiger charge is 2.32. The standard InChI is InChI=1S/C24H32FN5O2/c1-3-4-16-5-6-19(28-23(16)31)17-9-12-30(15-17)18-10-13-29(14-11-18)21-8-7-20(24(32)26-2)27-22(21)25/h5-8,17-18H,3-4,9-15H2,1-2H3,(H,26,32)(H,28,31). The first-order valence-corrected chi connectivity index (χ1v) is 11.6. The van der Waals surface area contributed by atoms with Crippen LogP contribution in [0.15, 0.2) is 29.1 Å². The Bertz CT molecular complexity index is 1020. The van der Waals surface area contributed by atoms with Gasteiger partial charge >= 0.3 is 0 Å². The van der Waals surface area contributed by atoms with Crippen LogP contribution < -0.4 is 15.8 Å². The molecule has 2 saturated heterocycles. The maximum atomic E-state index is 14.5. The second-order valence-electron chi connectivity index (χ2n) is 8.80. The Hall–Kier alpha value is -2.74. The van der Waals surface area contributed by atoms with E-state index in [0.29, 0.717) is 17.6 Å². The van der Waals surface area contributed by atoms with Gasteiger partial charge in [-0.3, -0.25) is 14.5 Å². The molecular formula is C24H32FN5O2. The van der Waals surface area contributed by atoms with Crippen LogP contribution in [0.2, 0.25) is 0 Å². The molecule has 2 fully saturated rings. The van der Waals surface area contributed by atoms with Crippen LogP contribution in [0.1, 0.15) is 60.3 Å². The Morgan fingerprint density at radius 2 is 1.97 bits per heavy atom. The lowest BCUT2D eigenvalue weighted by molar-refractivity contribution is 0.0957. The number of hydrogen-bond donors (Lipinski definition) is 2. The molecule has 172 valence electrons. The number of piperidine rings is 1. The minimum atomic E-state index is -0.596. The molecule has 0 radical (unpaired) electrons. The Morgan fingerprint density at radius 1 is 1.19 bits per heavy atom. The average molecular weight is 442 g/mol. The van der Waals surface area contributed by atoms with Crippen LogP contribution in [0.25, 0.3) is 0 Å². The van der Waals surface area contributed by atoms with Crippen molar-refractivity contribution in [3.63, 3.8) is 0 Å². The smallest absolute Gasteiger partial charge is 0.269 e. The van der Waals surface area contributed by atoms with Crippen LogP contribution >= 0.6 is 0 Å². The fourth-order valence-corrected chi connectivity index (χ4v) is 4.99. The van der Waals surface area contributed by atoms with Gasteiger partial charge in [0.15, 0.2) is 0 Å². The molecule has 2 aromatic heterocycles. The zero-order valence-electron chi connectivity index (χ0n) is 18.9. The number of aromatic amines is 1. The number of nitrogens with zero attached hydrogens (tertiary/aromatic N) is 3. The molecule has 4 rings (SSSR count). The Morgan fingerprint density at radius 3 is 2.62 bits per heavy atom. The van der Waals surface area contributed by atoms with Gasteiger partial charge < -0.3 is 15.2 Å². The Kier molecular flexibility index (Phi) is 6.89. The third kappa shape index (κ3) is 4.70. The van der Waals surface area contributed by atoms with E-state index < -0.39 is 5.95 Å². The van der Waals surface area contributed by atoms with Crippen LogP contribution in [0.4, 0.5) is 10.1 Å². The van der Waals surface area contributed by atoms with Gasteiger partial charge in [-0.05, 0) is 50.4 Å². The van der Waals surface area contributed by atoms with Crippen molar-refractivity contribution in [2.45, 2.75) is 51.0 Å². The lowest BCUT2D eigenvalue weighted by Gasteiger charge is -2.37. The van der Waals surface area contributed by atoms with Gasteiger partial charge in [0.05, 0.1) is 5.69 Å². The molecule has 2 N–H and O–H groups in total. The highest BCUT2D eigenvalue weighted by Crippen LogP contribution is 2.31. The first-order valence-electron chi connectivity index (χ1n) is 11.6. The number of rotatable bonds is 6. The highest BCUT2D eigenvalue weighted by atomic mass is 19.1. The lowest BCUT2D eigenvalue weighted by atomic mass is 10.0. The van der Waals surface area contributed by atoms with Gasteiger partial charge in [0.2, 0.25) is 5.95 Å². The van der Waals surface area contributed by atoms with Crippen molar-refractivity contribution in [3.05, 3.63) is 57.5 Å². The van der Waals surface area contributed by atoms with E-state index in [1.807, 2.05) is 11.0 Å². The summed E-state index contributed by atoms with van der Waals surface area (Å²) >= 11 is 0. The van der Waals surface area contributed by atoms with Crippen molar-refractivity contribution in [2.75, 3.05) is 38.1 Å². The molecule has 7 nitrogen and oxygen atoms in total. The predicted molar refractivity (Wildman–Crippen MR) is 123 cm³/mol. The van der Waals surface area contributed by atoms with Crippen molar-refractivity contribution < 1.29 is 9.18 Å². The summed E-state index contributed by atoms with van der Waals surface area (Å²) in [5.74, 6) is -0.629. The van der Waals surface area contributed by atoms with Gasteiger partial charge in [0.1, 0.15) is 5.69 Å². The number of likely N-dealkylation sites (tertiary alicyclic amines) is 1. The van der Waals surface area contributed by atoms with Crippen LogP contribution in [0, 0.1) is 5.95 Å². The third-order valence-electron chi connectivity index (χ3n) is 6.80.